The van der Waals surface area contributed by atoms with Crippen LogP contribution in [-0.2, 0) is 4.74 Å². The van der Waals surface area contributed by atoms with Gasteiger partial charge in [-0.1, -0.05) is 0 Å². The Morgan fingerprint density at radius 3 is 2.32 bits per heavy atom. The Morgan fingerprint density at radius 2 is 1.82 bits per heavy atom. The van der Waals surface area contributed by atoms with Crippen LogP contribution in [0.25, 0.3) is 0 Å². The van der Waals surface area contributed by atoms with Crippen molar-refractivity contribution < 1.29 is 9.53 Å². The molecular formula is C16H24N4O2. The van der Waals surface area contributed by atoms with E-state index in [0.717, 1.165) is 5.69 Å². The summed E-state index contributed by atoms with van der Waals surface area (Å²) in [7, 11) is 0. The van der Waals surface area contributed by atoms with Gasteiger partial charge in [0.05, 0.1) is 30.0 Å². The Hall–Kier alpha value is -1.69. The molecule has 0 radical (unpaired) electrons. The number of anilines is 1. The Bertz CT molecular complexity index is 548. The smallest absolute Gasteiger partial charge is 0.323 e. The van der Waals surface area contributed by atoms with E-state index in [1.54, 1.807) is 4.90 Å². The summed E-state index contributed by atoms with van der Waals surface area (Å²) in [5, 5.41) is 11.1. The lowest BCUT2D eigenvalue weighted by atomic mass is 9.99. The fourth-order valence-corrected chi connectivity index (χ4v) is 3.13. The van der Waals surface area contributed by atoms with E-state index in [1.807, 2.05) is 39.8 Å². The summed E-state index contributed by atoms with van der Waals surface area (Å²) in [6, 6.07) is 3.63. The third kappa shape index (κ3) is 3.55. The first-order valence-electron chi connectivity index (χ1n) is 7.84. The standard InChI is InChI=1S/C16H24N4O2/c1-15(2)9-20(10-16(3,4)22-15)14(21)17-13-8-7-12(18-19-13)11-5-6-11/h7-8,11H,5-6,9-10H2,1-4H3,(H,17,19,21). The average Bonchev–Trinajstić information content (AvgIpc) is 3.20. The lowest BCUT2D eigenvalue weighted by Gasteiger charge is -2.46. The number of carbonyl (C=O) groups excluding carboxylic acids is 1. The molecule has 0 atom stereocenters. The lowest BCUT2D eigenvalue weighted by Crippen LogP contribution is -2.59. The molecule has 1 N–H and O–H groups in total. The number of urea groups is 1. The molecule has 0 spiro atoms. The first-order valence-corrected chi connectivity index (χ1v) is 7.84. The molecule has 2 amide bonds. The maximum Gasteiger partial charge on any atom is 0.323 e. The average molecular weight is 304 g/mol. The van der Waals surface area contributed by atoms with Crippen molar-refractivity contribution in [2.45, 2.75) is 57.7 Å². The second kappa shape index (κ2) is 5.19. The summed E-state index contributed by atoms with van der Waals surface area (Å²) >= 11 is 0. The molecule has 0 bridgehead atoms. The highest BCUT2D eigenvalue weighted by Gasteiger charge is 2.40. The maximum absolute atomic E-state index is 12.5. The fraction of sp³-hybridized carbons (Fsp3) is 0.688. The van der Waals surface area contributed by atoms with Crippen LogP contribution in [-0.4, -0.2) is 45.4 Å². The molecular weight excluding hydrogens is 280 g/mol. The van der Waals surface area contributed by atoms with Gasteiger partial charge in [0.1, 0.15) is 0 Å². The van der Waals surface area contributed by atoms with E-state index < -0.39 is 0 Å². The molecule has 22 heavy (non-hydrogen) atoms. The van der Waals surface area contributed by atoms with E-state index >= 15 is 0 Å². The molecule has 1 aliphatic carbocycles. The maximum atomic E-state index is 12.5. The monoisotopic (exact) mass is 304 g/mol. The lowest BCUT2D eigenvalue weighted by molar-refractivity contribution is -0.169. The zero-order valence-electron chi connectivity index (χ0n) is 13.7. The van der Waals surface area contributed by atoms with Gasteiger partial charge in [0.25, 0.3) is 0 Å². The molecule has 0 unspecified atom stereocenters. The molecule has 3 rings (SSSR count). The first kappa shape index (κ1) is 15.2. The van der Waals surface area contributed by atoms with Gasteiger partial charge >= 0.3 is 6.03 Å². The van der Waals surface area contributed by atoms with Crippen LogP contribution >= 0.6 is 0 Å². The summed E-state index contributed by atoms with van der Waals surface area (Å²) in [5.74, 6) is 1.06. The summed E-state index contributed by atoms with van der Waals surface area (Å²) in [5.41, 5.74) is 0.299. The van der Waals surface area contributed by atoms with Crippen molar-refractivity contribution in [1.82, 2.24) is 15.1 Å². The van der Waals surface area contributed by atoms with Gasteiger partial charge in [-0.25, -0.2) is 4.79 Å². The summed E-state index contributed by atoms with van der Waals surface area (Å²) in [6.45, 7) is 9.10. The van der Waals surface area contributed by atoms with Crippen LogP contribution in [0, 0.1) is 0 Å². The van der Waals surface area contributed by atoms with Gasteiger partial charge < -0.3 is 9.64 Å². The van der Waals surface area contributed by atoms with Gasteiger partial charge in [0.15, 0.2) is 5.82 Å². The van der Waals surface area contributed by atoms with E-state index in [4.69, 9.17) is 4.74 Å². The fourth-order valence-electron chi connectivity index (χ4n) is 3.13. The summed E-state index contributed by atoms with van der Waals surface area (Å²) in [4.78, 5) is 14.2. The molecule has 1 aromatic heterocycles. The largest absolute Gasteiger partial charge is 0.366 e. The predicted molar refractivity (Wildman–Crippen MR) is 83.8 cm³/mol. The van der Waals surface area contributed by atoms with Crippen molar-refractivity contribution >= 4 is 11.8 Å². The molecule has 6 heteroatoms. The molecule has 2 aliphatic rings. The minimum Gasteiger partial charge on any atom is -0.366 e. The number of amides is 2. The number of aromatic nitrogens is 2. The zero-order valence-corrected chi connectivity index (χ0v) is 13.7. The second-order valence-corrected chi connectivity index (χ2v) is 7.53. The van der Waals surface area contributed by atoms with Gasteiger partial charge in [-0.2, -0.15) is 5.10 Å². The van der Waals surface area contributed by atoms with Crippen LogP contribution in [0.2, 0.25) is 0 Å². The van der Waals surface area contributed by atoms with Crippen LogP contribution in [0.4, 0.5) is 10.6 Å². The van der Waals surface area contributed by atoms with E-state index in [9.17, 15) is 4.79 Å². The number of morpholine rings is 1. The van der Waals surface area contributed by atoms with Crippen molar-refractivity contribution in [2.24, 2.45) is 0 Å². The molecule has 2 fully saturated rings. The van der Waals surface area contributed by atoms with Crippen LogP contribution in [0.5, 0.6) is 0 Å². The Morgan fingerprint density at radius 1 is 1.18 bits per heavy atom. The van der Waals surface area contributed by atoms with Gasteiger partial charge in [0, 0.05) is 5.92 Å². The van der Waals surface area contributed by atoms with Crippen LogP contribution in [0.3, 0.4) is 0 Å². The van der Waals surface area contributed by atoms with Crippen LogP contribution in [0.1, 0.15) is 52.1 Å². The molecule has 0 aromatic carbocycles. The van der Waals surface area contributed by atoms with Crippen molar-refractivity contribution in [3.05, 3.63) is 17.8 Å². The van der Waals surface area contributed by atoms with E-state index in [0.29, 0.717) is 24.8 Å². The SMILES string of the molecule is CC1(C)CN(C(=O)Nc2ccc(C3CC3)nn2)CC(C)(C)O1. The van der Waals surface area contributed by atoms with E-state index in [2.05, 4.69) is 15.5 Å². The minimum absolute atomic E-state index is 0.155. The predicted octanol–water partition coefficient (Wildman–Crippen LogP) is 2.78. The van der Waals surface area contributed by atoms with Gasteiger partial charge in [-0.3, -0.25) is 5.32 Å². The van der Waals surface area contributed by atoms with Crippen molar-refractivity contribution in [1.29, 1.82) is 0 Å². The number of hydrogen-bond donors (Lipinski definition) is 1. The molecule has 2 heterocycles. The Balaban J connectivity index is 1.65. The van der Waals surface area contributed by atoms with E-state index in [1.165, 1.54) is 12.8 Å². The quantitative estimate of drug-likeness (QED) is 0.912. The van der Waals surface area contributed by atoms with E-state index in [-0.39, 0.29) is 17.2 Å². The van der Waals surface area contributed by atoms with Crippen molar-refractivity contribution in [3.63, 3.8) is 0 Å². The number of hydrogen-bond acceptors (Lipinski definition) is 4. The van der Waals surface area contributed by atoms with Crippen molar-refractivity contribution in [2.75, 3.05) is 18.4 Å². The zero-order chi connectivity index (χ0) is 16.0. The number of nitrogens with zero attached hydrogens (tertiary/aromatic N) is 3. The molecule has 6 nitrogen and oxygen atoms in total. The highest BCUT2D eigenvalue weighted by molar-refractivity contribution is 5.88. The Labute approximate surface area is 131 Å². The van der Waals surface area contributed by atoms with Gasteiger partial charge in [0.2, 0.25) is 0 Å². The highest BCUT2D eigenvalue weighted by Crippen LogP contribution is 2.38. The molecule has 1 aliphatic heterocycles. The second-order valence-electron chi connectivity index (χ2n) is 7.53. The van der Waals surface area contributed by atoms with Crippen LogP contribution < -0.4 is 5.32 Å². The molecule has 1 aromatic rings. The molecule has 1 saturated heterocycles. The number of ether oxygens (including phenoxy) is 1. The topological polar surface area (TPSA) is 67.4 Å². The van der Waals surface area contributed by atoms with Crippen molar-refractivity contribution in [3.8, 4) is 0 Å². The Kier molecular flexibility index (Phi) is 3.59. The van der Waals surface area contributed by atoms with Crippen LogP contribution in [0.15, 0.2) is 12.1 Å². The summed E-state index contributed by atoms with van der Waals surface area (Å²) in [6.07, 6.45) is 2.39. The van der Waals surface area contributed by atoms with Gasteiger partial charge in [-0.15, -0.1) is 5.10 Å². The highest BCUT2D eigenvalue weighted by atomic mass is 16.5. The summed E-state index contributed by atoms with van der Waals surface area (Å²) < 4.78 is 5.99. The first-order chi connectivity index (χ1) is 10.2. The third-order valence-corrected chi connectivity index (χ3v) is 3.90. The number of rotatable bonds is 2. The molecule has 1 saturated carbocycles. The minimum atomic E-state index is -0.361. The third-order valence-electron chi connectivity index (χ3n) is 3.90. The van der Waals surface area contributed by atoms with Gasteiger partial charge in [-0.05, 0) is 52.7 Å². The number of carbonyl (C=O) groups is 1. The number of nitrogens with one attached hydrogen (secondary N) is 1. The molecule has 120 valence electrons. The normalized spacial score (nSPS) is 23.2.